The van der Waals surface area contributed by atoms with Crippen molar-refractivity contribution in [2.75, 3.05) is 6.61 Å². The van der Waals surface area contributed by atoms with Crippen molar-refractivity contribution < 1.29 is 24.1 Å². The predicted molar refractivity (Wildman–Crippen MR) is 119 cm³/mol. The summed E-state index contributed by atoms with van der Waals surface area (Å²) in [5.74, 6) is 0.201. The maximum absolute atomic E-state index is 11.9. The largest absolute Gasteiger partial charge is 0.484 e. The van der Waals surface area contributed by atoms with Gasteiger partial charge in [-0.25, -0.2) is 5.43 Å². The Morgan fingerprint density at radius 3 is 2.48 bits per heavy atom. The van der Waals surface area contributed by atoms with E-state index in [1.807, 2.05) is 19.1 Å². The van der Waals surface area contributed by atoms with Crippen LogP contribution in [0.15, 0.2) is 71.8 Å². The number of nitro groups is 2. The Kier molecular flexibility index (Phi) is 7.27. The van der Waals surface area contributed by atoms with Gasteiger partial charge in [-0.05, 0) is 48.4 Å². The van der Waals surface area contributed by atoms with Gasteiger partial charge in [-0.15, -0.1) is 0 Å². The Balaban J connectivity index is 1.61. The summed E-state index contributed by atoms with van der Waals surface area (Å²) in [6.45, 7) is 1.70. The second-order valence-electron chi connectivity index (χ2n) is 6.74. The van der Waals surface area contributed by atoms with Crippen molar-refractivity contribution in [2.45, 2.75) is 6.92 Å². The van der Waals surface area contributed by atoms with Crippen LogP contribution in [0.1, 0.15) is 11.1 Å². The summed E-state index contributed by atoms with van der Waals surface area (Å²) in [7, 11) is 0. The van der Waals surface area contributed by atoms with Gasteiger partial charge in [0.2, 0.25) is 5.75 Å². The van der Waals surface area contributed by atoms with E-state index < -0.39 is 27.1 Å². The van der Waals surface area contributed by atoms with Gasteiger partial charge >= 0.3 is 5.69 Å². The van der Waals surface area contributed by atoms with Crippen LogP contribution in [0.2, 0.25) is 0 Å². The summed E-state index contributed by atoms with van der Waals surface area (Å²) in [6, 6.07) is 16.8. The highest BCUT2D eigenvalue weighted by Gasteiger charge is 2.21. The molecule has 0 aromatic heterocycles. The minimum atomic E-state index is -0.762. The van der Waals surface area contributed by atoms with Gasteiger partial charge in [-0.3, -0.25) is 25.0 Å². The Bertz CT molecular complexity index is 1230. The molecule has 0 spiro atoms. The van der Waals surface area contributed by atoms with Crippen molar-refractivity contribution >= 4 is 23.5 Å². The topological polar surface area (TPSA) is 146 Å². The van der Waals surface area contributed by atoms with Crippen LogP contribution in [-0.2, 0) is 4.79 Å². The van der Waals surface area contributed by atoms with E-state index in [2.05, 4.69) is 10.5 Å². The maximum Gasteiger partial charge on any atom is 0.318 e. The predicted octanol–water partition coefficient (Wildman–Crippen LogP) is 4.13. The first-order valence-corrected chi connectivity index (χ1v) is 9.54. The van der Waals surface area contributed by atoms with Gasteiger partial charge < -0.3 is 9.47 Å². The van der Waals surface area contributed by atoms with Gasteiger partial charge in [0.25, 0.3) is 11.6 Å². The van der Waals surface area contributed by atoms with Crippen molar-refractivity contribution in [3.63, 3.8) is 0 Å². The highest BCUT2D eigenvalue weighted by atomic mass is 16.6. The van der Waals surface area contributed by atoms with Crippen LogP contribution in [-0.4, -0.2) is 28.6 Å². The fourth-order valence-corrected chi connectivity index (χ4v) is 2.70. The molecule has 0 aliphatic heterocycles. The van der Waals surface area contributed by atoms with E-state index in [4.69, 9.17) is 9.47 Å². The Labute approximate surface area is 187 Å². The van der Waals surface area contributed by atoms with Crippen molar-refractivity contribution in [3.8, 4) is 17.2 Å². The molecule has 0 fully saturated rings. The molecule has 11 nitrogen and oxygen atoms in total. The molecule has 0 saturated carbocycles. The second kappa shape index (κ2) is 10.5. The molecule has 0 saturated heterocycles. The maximum atomic E-state index is 11.9. The molecular weight excluding hydrogens is 432 g/mol. The summed E-state index contributed by atoms with van der Waals surface area (Å²) in [6.07, 6.45) is 1.36. The zero-order valence-corrected chi connectivity index (χ0v) is 17.3. The number of benzene rings is 3. The molecular formula is C22H18N4O7. The number of amides is 1. The average Bonchev–Trinajstić information content (AvgIpc) is 2.78. The standard InChI is InChI=1S/C22H18N4O7/c1-15-4-2-6-18(10-15)32-14-22(27)24-23-13-16-5-3-7-19(11-16)33-21-9-8-17(25(28)29)12-20(21)26(30)31/h2-13H,14H2,1H3,(H,24,27). The highest BCUT2D eigenvalue weighted by molar-refractivity contribution is 5.83. The van der Waals surface area contributed by atoms with E-state index in [9.17, 15) is 25.0 Å². The number of hydrogen-bond acceptors (Lipinski definition) is 8. The van der Waals surface area contributed by atoms with E-state index in [0.29, 0.717) is 11.3 Å². The van der Waals surface area contributed by atoms with Gasteiger partial charge in [0.1, 0.15) is 11.5 Å². The van der Waals surface area contributed by atoms with Crippen LogP contribution < -0.4 is 14.9 Å². The average molecular weight is 450 g/mol. The lowest BCUT2D eigenvalue weighted by Crippen LogP contribution is -2.24. The van der Waals surface area contributed by atoms with E-state index >= 15 is 0 Å². The lowest BCUT2D eigenvalue weighted by atomic mass is 10.2. The smallest absolute Gasteiger partial charge is 0.318 e. The molecule has 1 N–H and O–H groups in total. The van der Waals surface area contributed by atoms with Crippen molar-refractivity contribution in [1.82, 2.24) is 5.43 Å². The zero-order valence-electron chi connectivity index (χ0n) is 17.3. The number of rotatable bonds is 9. The Morgan fingerprint density at radius 1 is 1.00 bits per heavy atom. The van der Waals surface area contributed by atoms with Gasteiger partial charge in [0, 0.05) is 6.07 Å². The summed E-state index contributed by atoms with van der Waals surface area (Å²) >= 11 is 0. The van der Waals surface area contributed by atoms with Crippen LogP contribution >= 0.6 is 0 Å². The van der Waals surface area contributed by atoms with E-state index in [0.717, 1.165) is 23.8 Å². The number of nitrogens with one attached hydrogen (secondary N) is 1. The van der Waals surface area contributed by atoms with Crippen LogP contribution in [0.4, 0.5) is 11.4 Å². The quantitative estimate of drug-likeness (QED) is 0.293. The first kappa shape index (κ1) is 22.9. The number of ether oxygens (including phenoxy) is 2. The fraction of sp³-hybridized carbons (Fsp3) is 0.0909. The summed E-state index contributed by atoms with van der Waals surface area (Å²) in [5, 5.41) is 26.0. The molecule has 0 aliphatic rings. The SMILES string of the molecule is Cc1cccc(OCC(=O)NN=Cc2cccc(Oc3ccc([N+](=O)[O-])cc3[N+](=O)[O-])c2)c1. The summed E-state index contributed by atoms with van der Waals surface area (Å²) in [4.78, 5) is 32.5. The summed E-state index contributed by atoms with van der Waals surface area (Å²) in [5.41, 5.74) is 2.93. The van der Waals surface area contributed by atoms with Crippen molar-refractivity contribution in [2.24, 2.45) is 5.10 Å². The second-order valence-corrected chi connectivity index (χ2v) is 6.74. The number of nitro benzene ring substituents is 2. The van der Waals surface area contributed by atoms with Crippen LogP contribution in [0, 0.1) is 27.2 Å². The monoisotopic (exact) mass is 450 g/mol. The molecule has 3 rings (SSSR count). The normalized spacial score (nSPS) is 10.6. The number of hydrazone groups is 1. The Morgan fingerprint density at radius 2 is 1.76 bits per heavy atom. The molecule has 168 valence electrons. The molecule has 0 radical (unpaired) electrons. The molecule has 3 aromatic carbocycles. The molecule has 33 heavy (non-hydrogen) atoms. The molecule has 0 heterocycles. The molecule has 0 atom stereocenters. The molecule has 1 amide bonds. The molecule has 0 bridgehead atoms. The number of carbonyl (C=O) groups excluding carboxylic acids is 1. The highest BCUT2D eigenvalue weighted by Crippen LogP contribution is 2.34. The molecule has 0 aliphatic carbocycles. The van der Waals surface area contributed by atoms with Crippen molar-refractivity contribution in [1.29, 1.82) is 0 Å². The summed E-state index contributed by atoms with van der Waals surface area (Å²) < 4.78 is 10.9. The van der Waals surface area contributed by atoms with Crippen molar-refractivity contribution in [3.05, 3.63) is 98.1 Å². The lowest BCUT2D eigenvalue weighted by molar-refractivity contribution is -0.394. The minimum absolute atomic E-state index is 0.152. The van der Waals surface area contributed by atoms with Crippen LogP contribution in [0.3, 0.4) is 0 Å². The van der Waals surface area contributed by atoms with E-state index in [-0.39, 0.29) is 18.1 Å². The van der Waals surface area contributed by atoms with E-state index in [1.54, 1.807) is 30.3 Å². The zero-order chi connectivity index (χ0) is 23.8. The fourth-order valence-electron chi connectivity index (χ4n) is 2.70. The molecule has 3 aromatic rings. The number of carbonyl (C=O) groups is 1. The number of hydrogen-bond donors (Lipinski definition) is 1. The van der Waals surface area contributed by atoms with Crippen LogP contribution in [0.5, 0.6) is 17.2 Å². The third-order valence-corrected chi connectivity index (χ3v) is 4.20. The molecule has 0 unspecified atom stereocenters. The van der Waals surface area contributed by atoms with Gasteiger partial charge in [0.05, 0.1) is 22.1 Å². The van der Waals surface area contributed by atoms with Crippen LogP contribution in [0.25, 0.3) is 0 Å². The number of non-ortho nitro benzene ring substituents is 1. The van der Waals surface area contributed by atoms with Gasteiger partial charge in [0.15, 0.2) is 6.61 Å². The first-order valence-electron chi connectivity index (χ1n) is 9.54. The third kappa shape index (κ3) is 6.59. The number of nitrogens with zero attached hydrogens (tertiary/aromatic N) is 3. The lowest BCUT2D eigenvalue weighted by Gasteiger charge is -2.07. The van der Waals surface area contributed by atoms with Gasteiger partial charge in [-0.2, -0.15) is 5.10 Å². The Hall–Kier alpha value is -4.80. The van der Waals surface area contributed by atoms with E-state index in [1.165, 1.54) is 12.3 Å². The third-order valence-electron chi connectivity index (χ3n) is 4.20. The minimum Gasteiger partial charge on any atom is -0.484 e. The number of aryl methyl sites for hydroxylation is 1. The first-order chi connectivity index (χ1) is 15.8. The van der Waals surface area contributed by atoms with Gasteiger partial charge in [-0.1, -0.05) is 24.3 Å². The molecule has 11 heteroatoms.